The highest BCUT2D eigenvalue weighted by molar-refractivity contribution is 5.57. The van der Waals surface area contributed by atoms with E-state index >= 15 is 0 Å². The molecule has 0 bridgehead atoms. The van der Waals surface area contributed by atoms with Crippen LogP contribution in [0.4, 0.5) is 0 Å². The molecule has 0 amide bonds. The van der Waals surface area contributed by atoms with Gasteiger partial charge in [0, 0.05) is 6.07 Å². The molecule has 0 spiro atoms. The second-order valence-corrected chi connectivity index (χ2v) is 2.91. The van der Waals surface area contributed by atoms with Crippen LogP contribution in [0, 0.1) is 0 Å². The van der Waals surface area contributed by atoms with Gasteiger partial charge in [-0.25, -0.2) is 0 Å². The van der Waals surface area contributed by atoms with Crippen LogP contribution in [0.15, 0.2) is 18.2 Å². The Morgan fingerprint density at radius 2 is 2.25 bits per heavy atom. The summed E-state index contributed by atoms with van der Waals surface area (Å²) in [5.41, 5.74) is 0. The van der Waals surface area contributed by atoms with Gasteiger partial charge in [0.05, 0.1) is 6.61 Å². The topological polar surface area (TPSA) is 21.8 Å². The predicted molar refractivity (Wildman–Crippen MR) is 46.9 cm³/mol. The molecular formula is C10H12O2. The molecule has 2 nitrogen and oxygen atoms in total. The normalized spacial score (nSPS) is 11.8. The Labute approximate surface area is 72.1 Å². The molecule has 0 N–H and O–H groups in total. The van der Waals surface area contributed by atoms with Crippen molar-refractivity contribution in [2.75, 3.05) is 6.61 Å². The maximum Gasteiger partial charge on any atom is 0.173 e. The standard InChI is InChI=1S/C10H12O2/c1-2-3-6-11-8-4-5-9-10(7-8)12-9/h4-5,7H,2-3,6H2,1H3. The summed E-state index contributed by atoms with van der Waals surface area (Å²) in [4.78, 5) is 0. The summed E-state index contributed by atoms with van der Waals surface area (Å²) in [5, 5.41) is 0. The Morgan fingerprint density at radius 3 is 3.00 bits per heavy atom. The zero-order valence-electron chi connectivity index (χ0n) is 7.17. The van der Waals surface area contributed by atoms with E-state index in [0.717, 1.165) is 30.3 Å². The molecule has 1 aliphatic rings. The highest BCUT2D eigenvalue weighted by atomic mass is 16.6. The fraction of sp³-hybridized carbons (Fsp3) is 0.400. The third-order valence-electron chi connectivity index (χ3n) is 1.86. The lowest BCUT2D eigenvalue weighted by molar-refractivity contribution is 0.309. The van der Waals surface area contributed by atoms with Crippen LogP contribution in [0.1, 0.15) is 19.8 Å². The Morgan fingerprint density at radius 1 is 1.33 bits per heavy atom. The van der Waals surface area contributed by atoms with Crippen molar-refractivity contribution in [2.24, 2.45) is 0 Å². The van der Waals surface area contributed by atoms with E-state index in [-0.39, 0.29) is 0 Å². The molecule has 2 rings (SSSR count). The molecule has 0 aliphatic carbocycles. The van der Waals surface area contributed by atoms with Crippen molar-refractivity contribution in [2.45, 2.75) is 19.8 Å². The Hall–Kier alpha value is -1.18. The number of hydrogen-bond donors (Lipinski definition) is 0. The van der Waals surface area contributed by atoms with Gasteiger partial charge in [-0.2, -0.15) is 0 Å². The molecule has 0 fully saturated rings. The SMILES string of the molecule is CCCCOc1ccc2c(c1)O2. The van der Waals surface area contributed by atoms with E-state index < -0.39 is 0 Å². The number of hydrogen-bond acceptors (Lipinski definition) is 2. The lowest BCUT2D eigenvalue weighted by Gasteiger charge is -2.02. The number of fused-ring (bicyclic) bond motifs is 1. The van der Waals surface area contributed by atoms with Crippen molar-refractivity contribution in [1.82, 2.24) is 0 Å². The predicted octanol–water partition coefficient (Wildman–Crippen LogP) is 2.97. The van der Waals surface area contributed by atoms with Gasteiger partial charge in [-0.1, -0.05) is 13.3 Å². The van der Waals surface area contributed by atoms with Crippen molar-refractivity contribution < 1.29 is 9.47 Å². The van der Waals surface area contributed by atoms with Gasteiger partial charge < -0.3 is 9.47 Å². The van der Waals surface area contributed by atoms with Crippen LogP contribution in [0.5, 0.6) is 17.2 Å². The van der Waals surface area contributed by atoms with Crippen LogP contribution in [0.2, 0.25) is 0 Å². The average Bonchev–Trinajstić information content (AvgIpc) is 2.83. The average molecular weight is 164 g/mol. The molecule has 1 heterocycles. The summed E-state index contributed by atoms with van der Waals surface area (Å²) in [6.07, 6.45) is 2.28. The minimum absolute atomic E-state index is 0.801. The van der Waals surface area contributed by atoms with E-state index in [9.17, 15) is 0 Å². The van der Waals surface area contributed by atoms with Crippen LogP contribution in [0.25, 0.3) is 0 Å². The summed E-state index contributed by atoms with van der Waals surface area (Å²) in [6.45, 7) is 2.95. The molecule has 64 valence electrons. The molecule has 0 aromatic heterocycles. The molecule has 2 heteroatoms. The summed E-state index contributed by atoms with van der Waals surface area (Å²) in [5.74, 6) is 2.86. The first-order valence-corrected chi connectivity index (χ1v) is 4.35. The summed E-state index contributed by atoms with van der Waals surface area (Å²) < 4.78 is 10.6. The second kappa shape index (κ2) is 3.05. The largest absolute Gasteiger partial charge is 0.493 e. The van der Waals surface area contributed by atoms with Crippen molar-refractivity contribution >= 4 is 0 Å². The van der Waals surface area contributed by atoms with E-state index in [1.54, 1.807) is 0 Å². The van der Waals surface area contributed by atoms with Gasteiger partial charge >= 0.3 is 0 Å². The van der Waals surface area contributed by atoms with Crippen molar-refractivity contribution in [3.63, 3.8) is 0 Å². The van der Waals surface area contributed by atoms with Crippen LogP contribution < -0.4 is 9.47 Å². The quantitative estimate of drug-likeness (QED) is 0.512. The molecule has 0 saturated heterocycles. The van der Waals surface area contributed by atoms with Gasteiger partial charge in [-0.3, -0.25) is 0 Å². The van der Waals surface area contributed by atoms with Crippen molar-refractivity contribution in [3.05, 3.63) is 18.2 Å². The second-order valence-electron chi connectivity index (χ2n) is 2.91. The highest BCUT2D eigenvalue weighted by Crippen LogP contribution is 2.46. The Kier molecular flexibility index (Phi) is 1.90. The highest BCUT2D eigenvalue weighted by Gasteiger charge is 2.19. The van der Waals surface area contributed by atoms with E-state index in [1.807, 2.05) is 18.2 Å². The molecule has 0 saturated carbocycles. The van der Waals surface area contributed by atoms with Gasteiger partial charge in [-0.05, 0) is 18.6 Å². The van der Waals surface area contributed by atoms with Crippen LogP contribution in [-0.4, -0.2) is 6.61 Å². The lowest BCUT2D eigenvalue weighted by atomic mass is 10.3. The van der Waals surface area contributed by atoms with Gasteiger partial charge in [0.25, 0.3) is 0 Å². The summed E-state index contributed by atoms with van der Waals surface area (Å²) in [7, 11) is 0. The maximum atomic E-state index is 5.48. The van der Waals surface area contributed by atoms with Crippen LogP contribution in [-0.2, 0) is 0 Å². The molecule has 1 aromatic rings. The first kappa shape index (κ1) is 7.47. The van der Waals surface area contributed by atoms with Crippen LogP contribution in [0.3, 0.4) is 0 Å². The molecule has 0 unspecified atom stereocenters. The fourth-order valence-corrected chi connectivity index (χ4v) is 1.07. The number of unbranched alkanes of at least 4 members (excludes halogenated alkanes) is 1. The number of ether oxygens (including phenoxy) is 2. The van der Waals surface area contributed by atoms with Gasteiger partial charge in [0.2, 0.25) is 0 Å². The lowest BCUT2D eigenvalue weighted by Crippen LogP contribution is -1.94. The van der Waals surface area contributed by atoms with E-state index in [1.165, 1.54) is 6.42 Å². The maximum absolute atomic E-state index is 5.48. The van der Waals surface area contributed by atoms with Crippen molar-refractivity contribution in [3.8, 4) is 17.2 Å². The smallest absolute Gasteiger partial charge is 0.173 e. The molecular weight excluding hydrogens is 152 g/mol. The fourth-order valence-electron chi connectivity index (χ4n) is 1.07. The van der Waals surface area contributed by atoms with E-state index in [4.69, 9.17) is 9.47 Å². The third-order valence-corrected chi connectivity index (χ3v) is 1.86. The first-order valence-electron chi connectivity index (χ1n) is 4.35. The third kappa shape index (κ3) is 1.52. The number of benzene rings is 1. The molecule has 1 aliphatic heterocycles. The Balaban J connectivity index is 1.88. The molecule has 12 heavy (non-hydrogen) atoms. The first-order chi connectivity index (χ1) is 5.90. The Bertz CT molecular complexity index is 281. The van der Waals surface area contributed by atoms with Gasteiger partial charge in [0.15, 0.2) is 11.5 Å². The minimum atomic E-state index is 0.801. The summed E-state index contributed by atoms with van der Waals surface area (Å²) >= 11 is 0. The summed E-state index contributed by atoms with van der Waals surface area (Å²) in [6, 6.07) is 5.82. The van der Waals surface area contributed by atoms with Crippen molar-refractivity contribution in [1.29, 1.82) is 0 Å². The van der Waals surface area contributed by atoms with E-state index in [2.05, 4.69) is 6.92 Å². The van der Waals surface area contributed by atoms with Crippen LogP contribution >= 0.6 is 0 Å². The molecule has 0 radical (unpaired) electrons. The molecule has 0 atom stereocenters. The zero-order valence-corrected chi connectivity index (χ0v) is 7.17. The molecule has 1 aromatic carbocycles. The van der Waals surface area contributed by atoms with Gasteiger partial charge in [0.1, 0.15) is 5.75 Å². The monoisotopic (exact) mass is 164 g/mol. The van der Waals surface area contributed by atoms with Gasteiger partial charge in [-0.15, -0.1) is 0 Å². The number of rotatable bonds is 4. The zero-order chi connectivity index (χ0) is 8.39. The minimum Gasteiger partial charge on any atom is -0.493 e. The van der Waals surface area contributed by atoms with E-state index in [0.29, 0.717) is 0 Å².